The zero-order chi connectivity index (χ0) is 13.2. The molecule has 2 heterocycles. The van der Waals surface area contributed by atoms with Gasteiger partial charge in [-0.05, 0) is 12.8 Å². The Morgan fingerprint density at radius 3 is 2.94 bits per heavy atom. The number of nitrogens with zero attached hydrogens (tertiary/aromatic N) is 1. The molecule has 1 atom stereocenters. The lowest BCUT2D eigenvalue weighted by Gasteiger charge is -2.09. The molecule has 2 rings (SSSR count). The van der Waals surface area contributed by atoms with Gasteiger partial charge in [0.25, 0.3) is 5.91 Å². The molecular formula is C10H15N3O3S2. The van der Waals surface area contributed by atoms with E-state index in [2.05, 4.69) is 10.3 Å². The predicted molar refractivity (Wildman–Crippen MR) is 69.1 cm³/mol. The van der Waals surface area contributed by atoms with E-state index in [1.165, 1.54) is 11.3 Å². The van der Waals surface area contributed by atoms with Crippen molar-refractivity contribution in [2.45, 2.75) is 24.6 Å². The number of amides is 1. The minimum absolute atomic E-state index is 0.163. The number of nitrogens with two attached hydrogens (primary N) is 1. The SMILES string of the molecule is NCc1nc(C(=O)NCC2CCCS2(=O)=O)cs1. The van der Waals surface area contributed by atoms with Crippen LogP contribution in [0.4, 0.5) is 0 Å². The molecule has 1 amide bonds. The average Bonchev–Trinajstić information content (AvgIpc) is 2.92. The normalized spacial score (nSPS) is 21.9. The van der Waals surface area contributed by atoms with E-state index in [4.69, 9.17) is 5.73 Å². The molecule has 6 nitrogen and oxygen atoms in total. The van der Waals surface area contributed by atoms with E-state index in [0.29, 0.717) is 30.1 Å². The number of nitrogens with one attached hydrogen (secondary N) is 1. The second kappa shape index (κ2) is 5.33. The van der Waals surface area contributed by atoms with E-state index >= 15 is 0 Å². The van der Waals surface area contributed by atoms with Gasteiger partial charge in [0.05, 0.1) is 11.0 Å². The maximum atomic E-state index is 11.7. The molecule has 1 unspecified atom stereocenters. The van der Waals surface area contributed by atoms with Crippen LogP contribution in [-0.4, -0.2) is 36.9 Å². The summed E-state index contributed by atoms with van der Waals surface area (Å²) in [4.78, 5) is 15.8. The molecule has 0 saturated carbocycles. The quantitative estimate of drug-likeness (QED) is 0.806. The predicted octanol–water partition coefficient (Wildman–Crippen LogP) is -0.0912. The first-order valence-electron chi connectivity index (χ1n) is 5.67. The third-order valence-electron chi connectivity index (χ3n) is 2.91. The van der Waals surface area contributed by atoms with Crippen molar-refractivity contribution in [2.24, 2.45) is 5.73 Å². The van der Waals surface area contributed by atoms with Gasteiger partial charge < -0.3 is 11.1 Å². The Bertz CT molecular complexity index is 538. The summed E-state index contributed by atoms with van der Waals surface area (Å²) in [5.74, 6) is -0.116. The lowest BCUT2D eigenvalue weighted by molar-refractivity contribution is 0.0949. The van der Waals surface area contributed by atoms with Gasteiger partial charge in [-0.3, -0.25) is 4.79 Å². The molecule has 18 heavy (non-hydrogen) atoms. The molecule has 1 aliphatic rings. The Kier molecular flexibility index (Phi) is 3.98. The molecule has 0 spiro atoms. The zero-order valence-corrected chi connectivity index (χ0v) is 11.4. The molecular weight excluding hydrogens is 274 g/mol. The highest BCUT2D eigenvalue weighted by molar-refractivity contribution is 7.92. The van der Waals surface area contributed by atoms with Gasteiger partial charge in [-0.15, -0.1) is 11.3 Å². The first kappa shape index (κ1) is 13.4. The molecule has 1 saturated heterocycles. The molecule has 100 valence electrons. The monoisotopic (exact) mass is 289 g/mol. The number of hydrogen-bond acceptors (Lipinski definition) is 6. The van der Waals surface area contributed by atoms with E-state index < -0.39 is 15.1 Å². The number of thiazole rings is 1. The van der Waals surface area contributed by atoms with Crippen LogP contribution in [0.2, 0.25) is 0 Å². The van der Waals surface area contributed by atoms with Crippen molar-refractivity contribution in [3.05, 3.63) is 16.1 Å². The number of carbonyl (C=O) groups excluding carboxylic acids is 1. The molecule has 0 aliphatic carbocycles. The van der Waals surface area contributed by atoms with Gasteiger partial charge in [0.1, 0.15) is 10.7 Å². The summed E-state index contributed by atoms with van der Waals surface area (Å²) < 4.78 is 23.2. The van der Waals surface area contributed by atoms with Gasteiger partial charge in [-0.1, -0.05) is 0 Å². The fourth-order valence-corrected chi connectivity index (χ4v) is 4.31. The van der Waals surface area contributed by atoms with E-state index in [1.54, 1.807) is 5.38 Å². The Hall–Kier alpha value is -0.990. The average molecular weight is 289 g/mol. The number of sulfone groups is 1. The Labute approximate surface area is 110 Å². The maximum absolute atomic E-state index is 11.7. The number of rotatable bonds is 4. The number of hydrogen-bond donors (Lipinski definition) is 2. The molecule has 1 aromatic rings. The van der Waals surface area contributed by atoms with Crippen molar-refractivity contribution in [3.63, 3.8) is 0 Å². The number of carbonyl (C=O) groups is 1. The highest BCUT2D eigenvalue weighted by atomic mass is 32.2. The van der Waals surface area contributed by atoms with Crippen LogP contribution in [0.15, 0.2) is 5.38 Å². The molecule has 1 aromatic heterocycles. The van der Waals surface area contributed by atoms with Crippen molar-refractivity contribution >= 4 is 27.1 Å². The summed E-state index contributed by atoms with van der Waals surface area (Å²) in [6.45, 7) is 0.464. The summed E-state index contributed by atoms with van der Waals surface area (Å²) in [6.07, 6.45) is 1.30. The van der Waals surface area contributed by atoms with Crippen LogP contribution < -0.4 is 11.1 Å². The lowest BCUT2D eigenvalue weighted by Crippen LogP contribution is -2.34. The van der Waals surface area contributed by atoms with Gasteiger partial charge >= 0.3 is 0 Å². The van der Waals surface area contributed by atoms with Gasteiger partial charge in [0.15, 0.2) is 9.84 Å². The largest absolute Gasteiger partial charge is 0.349 e. The fraction of sp³-hybridized carbons (Fsp3) is 0.600. The van der Waals surface area contributed by atoms with Crippen LogP contribution in [0, 0.1) is 0 Å². The smallest absolute Gasteiger partial charge is 0.270 e. The molecule has 1 aliphatic heterocycles. The summed E-state index contributed by atoms with van der Waals surface area (Å²) in [7, 11) is -3.02. The Morgan fingerprint density at radius 2 is 2.39 bits per heavy atom. The fourth-order valence-electron chi connectivity index (χ4n) is 1.89. The molecule has 3 N–H and O–H groups in total. The Balaban J connectivity index is 1.92. The highest BCUT2D eigenvalue weighted by Gasteiger charge is 2.31. The molecule has 8 heteroatoms. The minimum atomic E-state index is -3.02. The van der Waals surface area contributed by atoms with Crippen molar-refractivity contribution < 1.29 is 13.2 Å². The van der Waals surface area contributed by atoms with E-state index in [9.17, 15) is 13.2 Å². The maximum Gasteiger partial charge on any atom is 0.270 e. The zero-order valence-electron chi connectivity index (χ0n) is 9.76. The van der Waals surface area contributed by atoms with Crippen molar-refractivity contribution in [1.29, 1.82) is 0 Å². The second-order valence-electron chi connectivity index (χ2n) is 4.17. The molecule has 1 fully saturated rings. The van der Waals surface area contributed by atoms with Gasteiger partial charge in [-0.25, -0.2) is 13.4 Å². The van der Waals surface area contributed by atoms with Crippen molar-refractivity contribution in [3.8, 4) is 0 Å². The van der Waals surface area contributed by atoms with Crippen LogP contribution in [0.5, 0.6) is 0 Å². The summed E-state index contributed by atoms with van der Waals surface area (Å²) in [5, 5.41) is 4.48. The molecule has 0 bridgehead atoms. The minimum Gasteiger partial charge on any atom is -0.349 e. The van der Waals surface area contributed by atoms with Crippen LogP contribution in [0.1, 0.15) is 28.3 Å². The van der Waals surface area contributed by atoms with Crippen LogP contribution in [0.25, 0.3) is 0 Å². The topological polar surface area (TPSA) is 102 Å². The van der Waals surface area contributed by atoms with E-state index in [-0.39, 0.29) is 18.2 Å². The first-order chi connectivity index (χ1) is 8.53. The summed E-state index contributed by atoms with van der Waals surface area (Å²) in [6, 6.07) is 0. The van der Waals surface area contributed by atoms with Crippen LogP contribution >= 0.6 is 11.3 Å². The van der Waals surface area contributed by atoms with Crippen molar-refractivity contribution in [2.75, 3.05) is 12.3 Å². The first-order valence-corrected chi connectivity index (χ1v) is 8.26. The van der Waals surface area contributed by atoms with Crippen LogP contribution in [0.3, 0.4) is 0 Å². The third kappa shape index (κ3) is 2.88. The standard InChI is InChI=1S/C10H15N3O3S2/c11-4-9-13-8(6-17-9)10(14)12-5-7-2-1-3-18(7,15)16/h6-7H,1-5,11H2,(H,12,14). The van der Waals surface area contributed by atoms with Crippen LogP contribution in [-0.2, 0) is 16.4 Å². The van der Waals surface area contributed by atoms with Gasteiger partial charge in [0, 0.05) is 18.5 Å². The lowest BCUT2D eigenvalue weighted by atomic mass is 10.2. The summed E-state index contributed by atoms with van der Waals surface area (Å²) in [5.41, 5.74) is 5.71. The second-order valence-corrected chi connectivity index (χ2v) is 7.52. The molecule has 0 radical (unpaired) electrons. The molecule has 0 aromatic carbocycles. The van der Waals surface area contributed by atoms with Gasteiger partial charge in [0.2, 0.25) is 0 Å². The van der Waals surface area contributed by atoms with Crippen molar-refractivity contribution in [1.82, 2.24) is 10.3 Å². The van der Waals surface area contributed by atoms with Gasteiger partial charge in [-0.2, -0.15) is 0 Å². The highest BCUT2D eigenvalue weighted by Crippen LogP contribution is 2.19. The number of aromatic nitrogens is 1. The third-order valence-corrected chi connectivity index (χ3v) is 6.06. The Morgan fingerprint density at radius 1 is 1.61 bits per heavy atom. The van der Waals surface area contributed by atoms with E-state index in [1.807, 2.05) is 0 Å². The summed E-state index contributed by atoms with van der Waals surface area (Å²) >= 11 is 1.32. The van der Waals surface area contributed by atoms with E-state index in [0.717, 1.165) is 0 Å².